The highest BCUT2D eigenvalue weighted by atomic mass is 32.2. The summed E-state index contributed by atoms with van der Waals surface area (Å²) in [6.07, 6.45) is 0. The van der Waals surface area contributed by atoms with Crippen LogP contribution in [0.4, 0.5) is 16.8 Å². The van der Waals surface area contributed by atoms with Gasteiger partial charge in [-0.1, -0.05) is 23.1 Å². The Hall–Kier alpha value is -2.66. The van der Waals surface area contributed by atoms with E-state index in [0.717, 1.165) is 40.6 Å². The summed E-state index contributed by atoms with van der Waals surface area (Å²) >= 11 is 2.71. The molecule has 0 unspecified atom stereocenters. The van der Waals surface area contributed by atoms with Crippen LogP contribution in [0.2, 0.25) is 0 Å². The molecule has 0 aliphatic carbocycles. The zero-order valence-electron chi connectivity index (χ0n) is 15.5. The van der Waals surface area contributed by atoms with Crippen LogP contribution in [0.25, 0.3) is 0 Å². The van der Waals surface area contributed by atoms with Gasteiger partial charge in [0.15, 0.2) is 5.16 Å². The second kappa shape index (κ2) is 8.15. The van der Waals surface area contributed by atoms with Crippen LogP contribution in [0, 0.1) is 6.92 Å². The molecule has 1 aliphatic heterocycles. The van der Waals surface area contributed by atoms with Crippen LogP contribution in [0.5, 0.6) is 5.75 Å². The molecule has 0 fully saturated rings. The molecule has 9 nitrogen and oxygen atoms in total. The minimum absolute atomic E-state index is 0.139. The molecule has 11 heteroatoms. The van der Waals surface area contributed by atoms with E-state index in [-0.39, 0.29) is 11.7 Å². The molecule has 1 aromatic carbocycles. The number of aromatic nitrogens is 5. The third-order valence-electron chi connectivity index (χ3n) is 4.05. The largest absolute Gasteiger partial charge is 0.494 e. The number of rotatable bonds is 7. The van der Waals surface area contributed by atoms with Gasteiger partial charge in [0.25, 0.3) is 0 Å². The number of anilines is 3. The van der Waals surface area contributed by atoms with Gasteiger partial charge in [-0.3, -0.25) is 14.7 Å². The average Bonchev–Trinajstić information content (AvgIpc) is 3.38. The Balaban J connectivity index is 1.39. The summed E-state index contributed by atoms with van der Waals surface area (Å²) in [5.74, 6) is 1.73. The summed E-state index contributed by atoms with van der Waals surface area (Å²) in [5.41, 5.74) is 1.04. The monoisotopic (exact) mass is 417 g/mol. The van der Waals surface area contributed by atoms with Crippen molar-refractivity contribution in [1.82, 2.24) is 25.0 Å². The van der Waals surface area contributed by atoms with Gasteiger partial charge in [0, 0.05) is 18.8 Å². The van der Waals surface area contributed by atoms with Crippen molar-refractivity contribution in [3.63, 3.8) is 0 Å². The van der Waals surface area contributed by atoms with Crippen molar-refractivity contribution in [3.8, 4) is 5.75 Å². The lowest BCUT2D eigenvalue weighted by Gasteiger charge is -2.15. The van der Waals surface area contributed by atoms with Crippen LogP contribution in [-0.4, -0.2) is 49.8 Å². The van der Waals surface area contributed by atoms with Gasteiger partial charge in [-0.25, -0.2) is 0 Å². The van der Waals surface area contributed by atoms with E-state index in [0.29, 0.717) is 11.7 Å². The zero-order valence-corrected chi connectivity index (χ0v) is 17.1. The van der Waals surface area contributed by atoms with Gasteiger partial charge in [-0.15, -0.1) is 20.4 Å². The highest BCUT2D eigenvalue weighted by Crippen LogP contribution is 2.32. The fourth-order valence-corrected chi connectivity index (χ4v) is 4.22. The van der Waals surface area contributed by atoms with E-state index in [4.69, 9.17) is 4.74 Å². The zero-order chi connectivity index (χ0) is 19.5. The Labute approximate surface area is 170 Å². The number of nitrogens with zero attached hydrogens (tertiary/aromatic N) is 6. The molecule has 1 amide bonds. The molecule has 0 spiro atoms. The molecule has 28 heavy (non-hydrogen) atoms. The van der Waals surface area contributed by atoms with E-state index in [1.165, 1.54) is 23.1 Å². The first-order valence-electron chi connectivity index (χ1n) is 8.80. The van der Waals surface area contributed by atoms with Crippen LogP contribution >= 0.6 is 23.1 Å². The maximum atomic E-state index is 12.1. The molecule has 2 aromatic heterocycles. The second-order valence-corrected chi connectivity index (χ2v) is 8.10. The van der Waals surface area contributed by atoms with Crippen LogP contribution in [0.1, 0.15) is 11.9 Å². The first-order valence-corrected chi connectivity index (χ1v) is 10.6. The van der Waals surface area contributed by atoms with Crippen molar-refractivity contribution >= 4 is 45.8 Å². The Morgan fingerprint density at radius 3 is 2.75 bits per heavy atom. The van der Waals surface area contributed by atoms with Gasteiger partial charge in [-0.2, -0.15) is 0 Å². The van der Waals surface area contributed by atoms with Crippen molar-refractivity contribution in [1.29, 1.82) is 0 Å². The number of thioether (sulfide) groups is 1. The molecule has 1 aliphatic rings. The lowest BCUT2D eigenvalue weighted by molar-refractivity contribution is -0.113. The number of benzene rings is 1. The fourth-order valence-electron chi connectivity index (χ4n) is 2.85. The summed E-state index contributed by atoms with van der Waals surface area (Å²) in [6.45, 7) is 6.03. The van der Waals surface area contributed by atoms with Crippen LogP contribution in [0.3, 0.4) is 0 Å². The Morgan fingerprint density at radius 1 is 1.21 bits per heavy atom. The number of carbonyl (C=O) groups is 1. The fraction of sp³-hybridized carbons (Fsp3) is 0.353. The number of nitrogens with one attached hydrogen (secondary N) is 1. The Bertz CT molecular complexity index is 970. The van der Waals surface area contributed by atoms with E-state index in [2.05, 4.69) is 30.6 Å². The summed E-state index contributed by atoms with van der Waals surface area (Å²) < 4.78 is 7.53. The number of ether oxygens (including phenoxy) is 1. The van der Waals surface area contributed by atoms with Crippen molar-refractivity contribution in [2.45, 2.75) is 25.5 Å². The van der Waals surface area contributed by atoms with Crippen molar-refractivity contribution in [2.24, 2.45) is 0 Å². The molecular weight excluding hydrogens is 398 g/mol. The summed E-state index contributed by atoms with van der Waals surface area (Å²) in [5, 5.41) is 21.1. The number of hydrogen-bond donors (Lipinski definition) is 1. The normalized spacial score (nSPS) is 12.9. The molecule has 3 heterocycles. The van der Waals surface area contributed by atoms with Gasteiger partial charge < -0.3 is 9.64 Å². The smallest absolute Gasteiger partial charge is 0.236 e. The molecule has 0 bridgehead atoms. The first-order chi connectivity index (χ1) is 13.6. The standard InChI is InChI=1S/C17H19N7O2S2/c1-3-26-13-6-4-12(5-7-13)23-8-9-24-16(23)21-22-17(24)27-10-14(25)18-15-20-19-11(2)28-15/h4-7H,3,8-10H2,1-2H3,(H,18,20,25). The molecule has 1 N–H and O–H groups in total. The van der Waals surface area contributed by atoms with E-state index >= 15 is 0 Å². The van der Waals surface area contributed by atoms with Crippen LogP contribution < -0.4 is 15.0 Å². The van der Waals surface area contributed by atoms with Gasteiger partial charge in [0.1, 0.15) is 10.8 Å². The molecule has 0 atom stereocenters. The predicted octanol–water partition coefficient (Wildman–Crippen LogP) is 2.72. The number of aryl methyl sites for hydroxylation is 1. The quantitative estimate of drug-likeness (QED) is 0.586. The van der Waals surface area contributed by atoms with Gasteiger partial charge in [0.2, 0.25) is 17.0 Å². The van der Waals surface area contributed by atoms with Crippen LogP contribution in [-0.2, 0) is 11.3 Å². The SMILES string of the molecule is CCOc1ccc(N2CCn3c(SCC(=O)Nc4nnc(C)s4)nnc32)cc1. The van der Waals surface area contributed by atoms with Crippen LogP contribution in [0.15, 0.2) is 29.4 Å². The second-order valence-electron chi connectivity index (χ2n) is 5.98. The highest BCUT2D eigenvalue weighted by Gasteiger charge is 2.26. The number of amides is 1. The Morgan fingerprint density at radius 2 is 2.04 bits per heavy atom. The van der Waals surface area contributed by atoms with Gasteiger partial charge >= 0.3 is 0 Å². The van der Waals surface area contributed by atoms with Gasteiger partial charge in [0.05, 0.1) is 12.4 Å². The minimum atomic E-state index is -0.139. The van der Waals surface area contributed by atoms with Crippen molar-refractivity contribution < 1.29 is 9.53 Å². The van der Waals surface area contributed by atoms with E-state index in [9.17, 15) is 4.79 Å². The molecule has 0 radical (unpaired) electrons. The molecule has 0 saturated heterocycles. The third-order valence-corrected chi connectivity index (χ3v) is 5.77. The molecule has 4 rings (SSSR count). The van der Waals surface area contributed by atoms with E-state index < -0.39 is 0 Å². The maximum Gasteiger partial charge on any atom is 0.236 e. The lowest BCUT2D eigenvalue weighted by Crippen LogP contribution is -2.14. The Kier molecular flexibility index (Phi) is 5.44. The number of fused-ring (bicyclic) bond motifs is 1. The minimum Gasteiger partial charge on any atom is -0.494 e. The topological polar surface area (TPSA) is 98.1 Å². The average molecular weight is 418 g/mol. The summed E-state index contributed by atoms with van der Waals surface area (Å²) in [6, 6.07) is 7.93. The van der Waals surface area contributed by atoms with Crippen molar-refractivity contribution in [3.05, 3.63) is 29.3 Å². The number of carbonyl (C=O) groups excluding carboxylic acids is 1. The van der Waals surface area contributed by atoms with Gasteiger partial charge in [-0.05, 0) is 38.1 Å². The third kappa shape index (κ3) is 3.94. The highest BCUT2D eigenvalue weighted by molar-refractivity contribution is 7.99. The first kappa shape index (κ1) is 18.7. The predicted molar refractivity (Wildman–Crippen MR) is 109 cm³/mol. The summed E-state index contributed by atoms with van der Waals surface area (Å²) in [7, 11) is 0. The molecular formula is C17H19N7O2S2. The molecule has 0 saturated carbocycles. The number of hydrogen-bond acceptors (Lipinski definition) is 9. The summed E-state index contributed by atoms with van der Waals surface area (Å²) in [4.78, 5) is 14.2. The lowest BCUT2D eigenvalue weighted by atomic mass is 10.3. The maximum absolute atomic E-state index is 12.1. The van der Waals surface area contributed by atoms with E-state index in [1.807, 2.05) is 42.7 Å². The van der Waals surface area contributed by atoms with Crippen molar-refractivity contribution in [2.75, 3.05) is 29.1 Å². The van der Waals surface area contributed by atoms with E-state index in [1.54, 1.807) is 0 Å². The molecule has 146 valence electrons. The molecule has 3 aromatic rings.